The zero-order valence-electron chi connectivity index (χ0n) is 25.0. The van der Waals surface area contributed by atoms with Gasteiger partial charge in [0.15, 0.2) is 0 Å². The molecule has 0 unspecified atom stereocenters. The van der Waals surface area contributed by atoms with Crippen molar-refractivity contribution in [1.29, 1.82) is 0 Å². The number of methoxy groups -OCH3 is 1. The van der Waals surface area contributed by atoms with E-state index in [2.05, 4.69) is 5.32 Å². The molecular formula is C33H40ClN3O5S. The lowest BCUT2D eigenvalue weighted by Crippen LogP contribution is -2.54. The van der Waals surface area contributed by atoms with Crippen LogP contribution in [0.4, 0.5) is 5.69 Å². The molecule has 1 aliphatic carbocycles. The molecule has 0 aromatic heterocycles. The average Bonchev–Trinajstić information content (AvgIpc) is 3.00. The second-order valence-electron chi connectivity index (χ2n) is 10.9. The summed E-state index contributed by atoms with van der Waals surface area (Å²) in [6, 6.07) is 19.4. The molecule has 10 heteroatoms. The van der Waals surface area contributed by atoms with E-state index in [-0.39, 0.29) is 23.4 Å². The number of hydrogen-bond donors (Lipinski definition) is 1. The lowest BCUT2D eigenvalue weighted by molar-refractivity contribution is -0.140. The van der Waals surface area contributed by atoms with Gasteiger partial charge in [-0.3, -0.25) is 13.9 Å². The molecule has 4 rings (SSSR count). The van der Waals surface area contributed by atoms with Crippen LogP contribution in [-0.2, 0) is 26.2 Å². The van der Waals surface area contributed by atoms with E-state index >= 15 is 0 Å². The second kappa shape index (κ2) is 14.8. The van der Waals surface area contributed by atoms with E-state index in [0.717, 1.165) is 47.5 Å². The molecule has 1 N–H and O–H groups in total. The lowest BCUT2D eigenvalue weighted by atomic mass is 9.95. The van der Waals surface area contributed by atoms with E-state index in [1.54, 1.807) is 37.4 Å². The van der Waals surface area contributed by atoms with Crippen LogP contribution in [0.15, 0.2) is 77.7 Å². The smallest absolute Gasteiger partial charge is 0.264 e. The van der Waals surface area contributed by atoms with Crippen LogP contribution in [0.2, 0.25) is 5.02 Å². The Morgan fingerprint density at radius 2 is 1.67 bits per heavy atom. The molecule has 43 heavy (non-hydrogen) atoms. The minimum atomic E-state index is -4.16. The minimum Gasteiger partial charge on any atom is -0.497 e. The third-order valence-electron chi connectivity index (χ3n) is 7.82. The van der Waals surface area contributed by atoms with Gasteiger partial charge in [0.1, 0.15) is 18.3 Å². The van der Waals surface area contributed by atoms with Crippen molar-refractivity contribution < 1.29 is 22.7 Å². The summed E-state index contributed by atoms with van der Waals surface area (Å²) in [6.07, 6.45) is 5.47. The highest BCUT2D eigenvalue weighted by Gasteiger charge is 2.34. The Morgan fingerprint density at radius 1 is 1.00 bits per heavy atom. The van der Waals surface area contributed by atoms with E-state index in [0.29, 0.717) is 22.9 Å². The summed E-state index contributed by atoms with van der Waals surface area (Å²) >= 11 is 6.04. The van der Waals surface area contributed by atoms with Gasteiger partial charge in [0.05, 0.1) is 17.7 Å². The van der Waals surface area contributed by atoms with E-state index in [1.165, 1.54) is 29.2 Å². The number of carbonyl (C=O) groups is 2. The summed E-state index contributed by atoms with van der Waals surface area (Å²) in [5.41, 5.74) is 1.99. The Morgan fingerprint density at radius 3 is 2.28 bits per heavy atom. The van der Waals surface area contributed by atoms with Gasteiger partial charge in [-0.25, -0.2) is 8.42 Å². The molecule has 0 bridgehead atoms. The zero-order valence-corrected chi connectivity index (χ0v) is 26.5. The summed E-state index contributed by atoms with van der Waals surface area (Å²) in [5.74, 6) is -0.0391. The maximum Gasteiger partial charge on any atom is 0.264 e. The average molecular weight is 626 g/mol. The molecule has 0 aliphatic heterocycles. The van der Waals surface area contributed by atoms with Gasteiger partial charge < -0.3 is 15.0 Å². The number of halogens is 1. The Kier molecular flexibility index (Phi) is 11.1. The fraction of sp³-hybridized carbons (Fsp3) is 0.394. The van der Waals surface area contributed by atoms with Crippen LogP contribution in [0.1, 0.15) is 56.6 Å². The van der Waals surface area contributed by atoms with Crippen molar-refractivity contribution in [1.82, 2.24) is 10.2 Å². The number of benzene rings is 3. The monoisotopic (exact) mass is 625 g/mol. The third kappa shape index (κ3) is 8.30. The van der Waals surface area contributed by atoms with Crippen molar-refractivity contribution >= 4 is 39.1 Å². The predicted octanol–water partition coefficient (Wildman–Crippen LogP) is 6.11. The maximum atomic E-state index is 14.3. The summed E-state index contributed by atoms with van der Waals surface area (Å²) in [7, 11) is -2.59. The van der Waals surface area contributed by atoms with Gasteiger partial charge in [-0.1, -0.05) is 62.1 Å². The number of sulfonamides is 1. The Balaban J connectivity index is 1.70. The number of ether oxygens (including phenoxy) is 1. The first-order valence-electron chi connectivity index (χ1n) is 14.7. The highest BCUT2D eigenvalue weighted by Crippen LogP contribution is 2.27. The summed E-state index contributed by atoms with van der Waals surface area (Å²) < 4.78 is 34.4. The van der Waals surface area contributed by atoms with Gasteiger partial charge in [-0.05, 0) is 85.8 Å². The first kappa shape index (κ1) is 32.4. The maximum absolute atomic E-state index is 14.3. The molecule has 1 saturated carbocycles. The van der Waals surface area contributed by atoms with Crippen LogP contribution in [-0.4, -0.2) is 50.9 Å². The number of hydrogen-bond acceptors (Lipinski definition) is 5. The molecular weight excluding hydrogens is 586 g/mol. The standard InChI is InChI=1S/C33H40ClN3O5S/c1-4-31(33(39)35-27-10-6-5-7-11-27)36(22-25-13-17-29(42-3)18-14-25)32(38)23-37(28-12-8-9-24(2)21-28)43(40,41)30-19-15-26(34)16-20-30/h8-9,12-21,27,31H,4-7,10-11,22-23H2,1-3H3,(H,35,39)/t31-/m1/s1. The van der Waals surface area contributed by atoms with Crippen molar-refractivity contribution in [2.24, 2.45) is 0 Å². The fourth-order valence-corrected chi connectivity index (χ4v) is 6.97. The van der Waals surface area contributed by atoms with Gasteiger partial charge in [0, 0.05) is 17.6 Å². The first-order chi connectivity index (χ1) is 20.6. The lowest BCUT2D eigenvalue weighted by Gasteiger charge is -2.34. The van der Waals surface area contributed by atoms with Crippen LogP contribution in [0.5, 0.6) is 5.75 Å². The Bertz CT molecular complexity index is 1490. The molecule has 230 valence electrons. The Hall–Kier alpha value is -3.56. The van der Waals surface area contributed by atoms with Gasteiger partial charge in [0.25, 0.3) is 10.0 Å². The van der Waals surface area contributed by atoms with Crippen molar-refractivity contribution in [3.05, 3.63) is 88.9 Å². The fourth-order valence-electron chi connectivity index (χ4n) is 5.44. The molecule has 8 nitrogen and oxygen atoms in total. The SMILES string of the molecule is CC[C@H](C(=O)NC1CCCCC1)N(Cc1ccc(OC)cc1)C(=O)CN(c1cccc(C)c1)S(=O)(=O)c1ccc(Cl)cc1. The molecule has 1 fully saturated rings. The highest BCUT2D eigenvalue weighted by atomic mass is 35.5. The van der Waals surface area contributed by atoms with Crippen LogP contribution in [0.25, 0.3) is 0 Å². The number of amides is 2. The summed E-state index contributed by atoms with van der Waals surface area (Å²) in [5, 5.41) is 3.57. The predicted molar refractivity (Wildman–Crippen MR) is 170 cm³/mol. The normalized spacial score (nSPS) is 14.5. The number of aryl methyl sites for hydroxylation is 1. The van der Waals surface area contributed by atoms with Crippen molar-refractivity contribution in [3.63, 3.8) is 0 Å². The van der Waals surface area contributed by atoms with E-state index in [4.69, 9.17) is 16.3 Å². The van der Waals surface area contributed by atoms with Gasteiger partial charge >= 0.3 is 0 Å². The zero-order chi connectivity index (χ0) is 31.0. The van der Waals surface area contributed by atoms with Gasteiger partial charge in [-0.2, -0.15) is 0 Å². The molecule has 2 amide bonds. The van der Waals surface area contributed by atoms with E-state index in [1.807, 2.05) is 32.0 Å². The van der Waals surface area contributed by atoms with Crippen LogP contribution < -0.4 is 14.4 Å². The van der Waals surface area contributed by atoms with Crippen LogP contribution in [0.3, 0.4) is 0 Å². The number of anilines is 1. The number of nitrogens with zero attached hydrogens (tertiary/aromatic N) is 2. The first-order valence-corrected chi connectivity index (χ1v) is 16.5. The van der Waals surface area contributed by atoms with Crippen LogP contribution in [0, 0.1) is 6.92 Å². The molecule has 3 aromatic rings. The topological polar surface area (TPSA) is 96.0 Å². The van der Waals surface area contributed by atoms with E-state index < -0.39 is 28.5 Å². The Labute approximate surface area is 260 Å². The molecule has 3 aromatic carbocycles. The summed E-state index contributed by atoms with van der Waals surface area (Å²) in [4.78, 5) is 29.4. The number of rotatable bonds is 12. The molecule has 0 saturated heterocycles. The van der Waals surface area contributed by atoms with Crippen molar-refractivity contribution in [2.75, 3.05) is 18.0 Å². The molecule has 1 atom stereocenters. The van der Waals surface area contributed by atoms with Crippen molar-refractivity contribution in [2.45, 2.75) is 75.9 Å². The van der Waals surface area contributed by atoms with Gasteiger partial charge in [0.2, 0.25) is 11.8 Å². The van der Waals surface area contributed by atoms with Crippen LogP contribution >= 0.6 is 11.6 Å². The molecule has 0 radical (unpaired) electrons. The third-order valence-corrected chi connectivity index (χ3v) is 9.86. The minimum absolute atomic E-state index is 0.00925. The highest BCUT2D eigenvalue weighted by molar-refractivity contribution is 7.92. The molecule has 1 aliphatic rings. The molecule has 0 spiro atoms. The summed E-state index contributed by atoms with van der Waals surface area (Å²) in [6.45, 7) is 3.36. The second-order valence-corrected chi connectivity index (χ2v) is 13.2. The quantitative estimate of drug-likeness (QED) is 0.262. The largest absolute Gasteiger partial charge is 0.497 e. The number of carbonyl (C=O) groups excluding carboxylic acids is 2. The van der Waals surface area contributed by atoms with E-state index in [9.17, 15) is 18.0 Å². The molecule has 0 heterocycles. The number of nitrogens with one attached hydrogen (secondary N) is 1. The van der Waals surface area contributed by atoms with Gasteiger partial charge in [-0.15, -0.1) is 0 Å². The van der Waals surface area contributed by atoms with Crippen molar-refractivity contribution in [3.8, 4) is 5.75 Å².